The van der Waals surface area contributed by atoms with E-state index in [2.05, 4.69) is 79.4 Å². The first kappa shape index (κ1) is 15.7. The lowest BCUT2D eigenvalue weighted by atomic mass is 9.99. The number of anilines is 3. The van der Waals surface area contributed by atoms with E-state index >= 15 is 0 Å². The fourth-order valence-corrected chi connectivity index (χ4v) is 3.23. The molecule has 0 amide bonds. The Hall–Kier alpha value is -2.78. The average Bonchev–Trinajstić information content (AvgIpc) is 2.65. The second-order valence-corrected chi connectivity index (χ2v) is 6.61. The van der Waals surface area contributed by atoms with Crippen LogP contribution < -0.4 is 15.4 Å². The van der Waals surface area contributed by atoms with Gasteiger partial charge in [0, 0.05) is 5.69 Å². The molecule has 0 spiro atoms. The molecule has 3 aromatic rings. The van der Waals surface area contributed by atoms with Gasteiger partial charge in [0.1, 0.15) is 0 Å². The molecule has 0 fully saturated rings. The van der Waals surface area contributed by atoms with Crippen molar-refractivity contribution in [3.05, 3.63) is 77.9 Å². The SMILES string of the molecule is Cc1ccc2c(c1)Oc1cc(C(C)CN)ccc1N2c1ccccc1. The normalized spacial score (nSPS) is 13.6. The van der Waals surface area contributed by atoms with Crippen molar-refractivity contribution in [2.24, 2.45) is 5.73 Å². The Balaban J connectivity index is 1.90. The molecule has 4 rings (SSSR count). The van der Waals surface area contributed by atoms with Crippen LogP contribution in [0.15, 0.2) is 66.7 Å². The number of hydrogen-bond donors (Lipinski definition) is 1. The molecule has 1 aliphatic rings. The van der Waals surface area contributed by atoms with E-state index in [1.165, 1.54) is 11.1 Å². The highest BCUT2D eigenvalue weighted by Crippen LogP contribution is 2.51. The van der Waals surface area contributed by atoms with Gasteiger partial charge >= 0.3 is 0 Å². The molecule has 0 bridgehead atoms. The van der Waals surface area contributed by atoms with Gasteiger partial charge in [-0.1, -0.05) is 37.3 Å². The number of rotatable bonds is 3. The van der Waals surface area contributed by atoms with Crippen LogP contribution >= 0.6 is 0 Å². The molecule has 2 N–H and O–H groups in total. The molecule has 3 heteroatoms. The number of hydrogen-bond acceptors (Lipinski definition) is 3. The van der Waals surface area contributed by atoms with Gasteiger partial charge in [-0.05, 0) is 66.9 Å². The first-order valence-corrected chi connectivity index (χ1v) is 8.65. The fraction of sp³-hybridized carbons (Fsp3) is 0.182. The van der Waals surface area contributed by atoms with E-state index in [1.54, 1.807) is 0 Å². The average molecular weight is 330 g/mol. The molecule has 0 radical (unpaired) electrons. The zero-order valence-corrected chi connectivity index (χ0v) is 14.6. The zero-order chi connectivity index (χ0) is 17.4. The number of fused-ring (bicyclic) bond motifs is 2. The summed E-state index contributed by atoms with van der Waals surface area (Å²) in [6.07, 6.45) is 0. The van der Waals surface area contributed by atoms with Crippen LogP contribution in [0.1, 0.15) is 24.0 Å². The van der Waals surface area contributed by atoms with Crippen molar-refractivity contribution in [3.63, 3.8) is 0 Å². The smallest absolute Gasteiger partial charge is 0.151 e. The number of nitrogens with two attached hydrogens (primary N) is 1. The van der Waals surface area contributed by atoms with Gasteiger partial charge in [-0.2, -0.15) is 0 Å². The van der Waals surface area contributed by atoms with Gasteiger partial charge in [-0.25, -0.2) is 0 Å². The third kappa shape index (κ3) is 2.77. The standard InChI is InChI=1S/C22H22N2O/c1-15-8-10-19-21(12-15)25-22-13-17(16(2)14-23)9-11-20(22)24(19)18-6-4-3-5-7-18/h3-13,16H,14,23H2,1-2H3. The molecule has 126 valence electrons. The van der Waals surface area contributed by atoms with Gasteiger partial charge in [0.25, 0.3) is 0 Å². The third-order valence-corrected chi connectivity index (χ3v) is 4.74. The molecule has 0 saturated carbocycles. The van der Waals surface area contributed by atoms with Crippen molar-refractivity contribution in [2.75, 3.05) is 11.4 Å². The van der Waals surface area contributed by atoms with E-state index in [9.17, 15) is 0 Å². The minimum atomic E-state index is 0.304. The molecule has 1 heterocycles. The van der Waals surface area contributed by atoms with Crippen molar-refractivity contribution in [1.82, 2.24) is 0 Å². The molecule has 0 aromatic heterocycles. The predicted molar refractivity (Wildman–Crippen MR) is 103 cm³/mol. The van der Waals surface area contributed by atoms with E-state index in [0.29, 0.717) is 12.5 Å². The summed E-state index contributed by atoms with van der Waals surface area (Å²) in [5.74, 6) is 2.06. The Morgan fingerprint density at radius 3 is 2.32 bits per heavy atom. The summed E-state index contributed by atoms with van der Waals surface area (Å²) in [7, 11) is 0. The summed E-state index contributed by atoms with van der Waals surface area (Å²) >= 11 is 0. The van der Waals surface area contributed by atoms with Gasteiger partial charge < -0.3 is 15.4 Å². The predicted octanol–water partition coefficient (Wildman–Crippen LogP) is 5.63. The minimum Gasteiger partial charge on any atom is -0.453 e. The lowest BCUT2D eigenvalue weighted by Gasteiger charge is -2.33. The molecular weight excluding hydrogens is 308 g/mol. The fourth-order valence-electron chi connectivity index (χ4n) is 3.23. The van der Waals surface area contributed by atoms with E-state index in [-0.39, 0.29) is 0 Å². The summed E-state index contributed by atoms with van der Waals surface area (Å²) in [5, 5.41) is 0. The highest BCUT2D eigenvalue weighted by Gasteiger charge is 2.26. The van der Waals surface area contributed by atoms with Gasteiger partial charge in [0.05, 0.1) is 11.4 Å². The van der Waals surface area contributed by atoms with Crippen LogP contribution in [0.5, 0.6) is 11.5 Å². The topological polar surface area (TPSA) is 38.5 Å². The van der Waals surface area contributed by atoms with Crippen LogP contribution in [0.4, 0.5) is 17.1 Å². The maximum atomic E-state index is 6.26. The Bertz CT molecular complexity index is 905. The maximum absolute atomic E-state index is 6.26. The summed E-state index contributed by atoms with van der Waals surface area (Å²) in [6.45, 7) is 4.84. The van der Waals surface area contributed by atoms with Crippen LogP contribution in [0, 0.1) is 6.92 Å². The largest absolute Gasteiger partial charge is 0.453 e. The van der Waals surface area contributed by atoms with Crippen molar-refractivity contribution >= 4 is 17.1 Å². The monoisotopic (exact) mass is 330 g/mol. The molecule has 0 saturated heterocycles. The Morgan fingerprint density at radius 2 is 1.60 bits per heavy atom. The second kappa shape index (κ2) is 6.26. The third-order valence-electron chi connectivity index (χ3n) is 4.74. The van der Waals surface area contributed by atoms with Crippen molar-refractivity contribution in [1.29, 1.82) is 0 Å². The van der Waals surface area contributed by atoms with Crippen molar-refractivity contribution in [3.8, 4) is 11.5 Å². The van der Waals surface area contributed by atoms with Gasteiger partial charge in [-0.3, -0.25) is 0 Å². The molecule has 0 aliphatic carbocycles. The lowest BCUT2D eigenvalue weighted by Crippen LogP contribution is -2.16. The summed E-state index contributed by atoms with van der Waals surface area (Å²) in [5.41, 5.74) is 11.5. The van der Waals surface area contributed by atoms with Gasteiger partial charge in [0.2, 0.25) is 0 Å². The molecule has 1 aliphatic heterocycles. The highest BCUT2D eigenvalue weighted by atomic mass is 16.5. The van der Waals surface area contributed by atoms with Crippen LogP contribution in [-0.2, 0) is 0 Å². The highest BCUT2D eigenvalue weighted by molar-refractivity contribution is 5.86. The molecular formula is C22H22N2O. The van der Waals surface area contributed by atoms with Crippen LogP contribution in [0.3, 0.4) is 0 Å². The van der Waals surface area contributed by atoms with Crippen LogP contribution in [-0.4, -0.2) is 6.54 Å². The minimum absolute atomic E-state index is 0.304. The van der Waals surface area contributed by atoms with Crippen molar-refractivity contribution < 1.29 is 4.74 Å². The Labute approximate surface area is 148 Å². The summed E-state index contributed by atoms with van der Waals surface area (Å²) in [4.78, 5) is 2.25. The molecule has 3 aromatic carbocycles. The molecule has 1 atom stereocenters. The molecule has 1 unspecified atom stereocenters. The van der Waals surface area contributed by atoms with Gasteiger partial charge in [-0.15, -0.1) is 0 Å². The number of para-hydroxylation sites is 1. The van der Waals surface area contributed by atoms with E-state index in [1.807, 2.05) is 6.07 Å². The first-order valence-electron chi connectivity index (χ1n) is 8.65. The lowest BCUT2D eigenvalue weighted by molar-refractivity contribution is 0.475. The maximum Gasteiger partial charge on any atom is 0.151 e. The van der Waals surface area contributed by atoms with Crippen LogP contribution in [0.25, 0.3) is 0 Å². The molecule has 25 heavy (non-hydrogen) atoms. The van der Waals surface area contributed by atoms with E-state index in [0.717, 1.165) is 28.6 Å². The number of ether oxygens (including phenoxy) is 1. The number of benzene rings is 3. The summed E-state index contributed by atoms with van der Waals surface area (Å²) in [6, 6.07) is 23.1. The zero-order valence-electron chi connectivity index (χ0n) is 14.6. The number of nitrogens with zero attached hydrogens (tertiary/aromatic N) is 1. The Kier molecular flexibility index (Phi) is 3.94. The quantitative estimate of drug-likeness (QED) is 0.529. The summed E-state index contributed by atoms with van der Waals surface area (Å²) < 4.78 is 6.26. The van der Waals surface area contributed by atoms with E-state index in [4.69, 9.17) is 10.5 Å². The molecule has 3 nitrogen and oxygen atoms in total. The Morgan fingerprint density at radius 1 is 0.920 bits per heavy atom. The van der Waals surface area contributed by atoms with Crippen molar-refractivity contribution in [2.45, 2.75) is 19.8 Å². The van der Waals surface area contributed by atoms with Gasteiger partial charge in [0.15, 0.2) is 11.5 Å². The second-order valence-electron chi connectivity index (χ2n) is 6.61. The number of aryl methyl sites for hydroxylation is 1. The van der Waals surface area contributed by atoms with Crippen LogP contribution in [0.2, 0.25) is 0 Å². The van der Waals surface area contributed by atoms with E-state index < -0.39 is 0 Å². The first-order chi connectivity index (χ1) is 12.2.